The van der Waals surface area contributed by atoms with E-state index in [0.29, 0.717) is 5.92 Å². The van der Waals surface area contributed by atoms with E-state index in [0.717, 1.165) is 5.89 Å². The van der Waals surface area contributed by atoms with Gasteiger partial charge in [0, 0.05) is 5.92 Å². The van der Waals surface area contributed by atoms with Gasteiger partial charge in [-0.25, -0.2) is 0 Å². The van der Waals surface area contributed by atoms with Gasteiger partial charge in [0.1, 0.15) is 0 Å². The zero-order valence-corrected chi connectivity index (χ0v) is 4.37. The molecule has 1 aromatic heterocycles. The molecule has 1 aliphatic rings. The fourth-order valence-corrected chi connectivity index (χ4v) is 0.692. The average molecular weight is 110 g/mol. The van der Waals surface area contributed by atoms with Gasteiger partial charge in [-0.05, 0) is 12.8 Å². The summed E-state index contributed by atoms with van der Waals surface area (Å²) in [5.41, 5.74) is 0. The standard InChI is InChI=1S/C5H6N2O/c1-2-4(1)5-6-3-7-8-5/h3-4H,1-2H2. The lowest BCUT2D eigenvalue weighted by Gasteiger charge is -1.77. The quantitative estimate of drug-likeness (QED) is 0.540. The highest BCUT2D eigenvalue weighted by molar-refractivity contribution is 4.98. The molecule has 0 N–H and O–H groups in total. The molecule has 3 nitrogen and oxygen atoms in total. The predicted molar refractivity (Wildman–Crippen MR) is 26.3 cm³/mol. The van der Waals surface area contributed by atoms with Crippen molar-refractivity contribution in [3.8, 4) is 0 Å². The zero-order valence-electron chi connectivity index (χ0n) is 4.37. The Hall–Kier alpha value is -0.860. The fourth-order valence-electron chi connectivity index (χ4n) is 0.692. The van der Waals surface area contributed by atoms with E-state index >= 15 is 0 Å². The molecule has 1 aliphatic carbocycles. The molecule has 8 heavy (non-hydrogen) atoms. The second-order valence-corrected chi connectivity index (χ2v) is 2.05. The minimum atomic E-state index is 0.595. The third-order valence-electron chi connectivity index (χ3n) is 1.30. The molecule has 0 spiro atoms. The van der Waals surface area contributed by atoms with E-state index in [2.05, 4.69) is 10.1 Å². The van der Waals surface area contributed by atoms with Gasteiger partial charge in [-0.15, -0.1) is 0 Å². The molecule has 0 saturated heterocycles. The van der Waals surface area contributed by atoms with Crippen LogP contribution in [0.25, 0.3) is 0 Å². The van der Waals surface area contributed by atoms with Crippen molar-refractivity contribution in [3.63, 3.8) is 0 Å². The van der Waals surface area contributed by atoms with Gasteiger partial charge >= 0.3 is 0 Å². The molecule has 0 amide bonds. The van der Waals surface area contributed by atoms with Crippen molar-refractivity contribution in [2.75, 3.05) is 0 Å². The summed E-state index contributed by atoms with van der Waals surface area (Å²) < 4.78 is 4.80. The lowest BCUT2D eigenvalue weighted by atomic mass is 10.4. The highest BCUT2D eigenvalue weighted by Crippen LogP contribution is 2.38. The molecule has 0 atom stereocenters. The Morgan fingerprint density at radius 2 is 2.50 bits per heavy atom. The molecule has 1 aromatic rings. The monoisotopic (exact) mass is 110 g/mol. The van der Waals surface area contributed by atoms with Crippen LogP contribution in [0.4, 0.5) is 0 Å². The molecule has 42 valence electrons. The summed E-state index contributed by atoms with van der Waals surface area (Å²) >= 11 is 0. The Morgan fingerprint density at radius 1 is 1.62 bits per heavy atom. The summed E-state index contributed by atoms with van der Waals surface area (Å²) in [6, 6.07) is 0. The lowest BCUT2D eigenvalue weighted by Crippen LogP contribution is -1.73. The Kier molecular flexibility index (Phi) is 0.664. The van der Waals surface area contributed by atoms with Gasteiger partial charge in [-0.1, -0.05) is 5.16 Å². The second-order valence-electron chi connectivity index (χ2n) is 2.05. The van der Waals surface area contributed by atoms with Gasteiger partial charge in [-0.3, -0.25) is 0 Å². The van der Waals surface area contributed by atoms with E-state index in [1.54, 1.807) is 0 Å². The molecular weight excluding hydrogens is 104 g/mol. The number of aromatic nitrogens is 2. The summed E-state index contributed by atoms with van der Waals surface area (Å²) in [6.07, 6.45) is 3.90. The topological polar surface area (TPSA) is 38.9 Å². The maximum absolute atomic E-state index is 4.80. The van der Waals surface area contributed by atoms with Crippen LogP contribution < -0.4 is 0 Å². The number of hydrogen-bond donors (Lipinski definition) is 0. The Bertz CT molecular complexity index is 167. The van der Waals surface area contributed by atoms with Crippen molar-refractivity contribution >= 4 is 0 Å². The van der Waals surface area contributed by atoms with Crippen LogP contribution in [0.1, 0.15) is 24.7 Å². The van der Waals surface area contributed by atoms with E-state index in [4.69, 9.17) is 4.52 Å². The molecule has 0 unspecified atom stereocenters. The largest absolute Gasteiger partial charge is 0.339 e. The first-order chi connectivity index (χ1) is 3.97. The first-order valence-corrected chi connectivity index (χ1v) is 2.73. The molecule has 0 radical (unpaired) electrons. The van der Waals surface area contributed by atoms with Crippen LogP contribution >= 0.6 is 0 Å². The van der Waals surface area contributed by atoms with Gasteiger partial charge in [-0.2, -0.15) is 4.98 Å². The smallest absolute Gasteiger partial charge is 0.229 e. The van der Waals surface area contributed by atoms with E-state index in [-0.39, 0.29) is 0 Å². The first-order valence-electron chi connectivity index (χ1n) is 2.73. The van der Waals surface area contributed by atoms with Crippen molar-refractivity contribution < 1.29 is 4.52 Å². The normalized spacial score (nSPS) is 19.0. The summed E-state index contributed by atoms with van der Waals surface area (Å²) in [6.45, 7) is 0. The lowest BCUT2D eigenvalue weighted by molar-refractivity contribution is 0.378. The van der Waals surface area contributed by atoms with E-state index in [9.17, 15) is 0 Å². The van der Waals surface area contributed by atoms with Crippen LogP contribution in [-0.2, 0) is 0 Å². The third kappa shape index (κ3) is 0.510. The summed E-state index contributed by atoms with van der Waals surface area (Å²) in [7, 11) is 0. The predicted octanol–water partition coefficient (Wildman–Crippen LogP) is 0.947. The van der Waals surface area contributed by atoms with Gasteiger partial charge in [0.25, 0.3) is 0 Å². The van der Waals surface area contributed by atoms with Crippen molar-refractivity contribution in [1.82, 2.24) is 10.1 Å². The van der Waals surface area contributed by atoms with Gasteiger partial charge < -0.3 is 4.52 Å². The van der Waals surface area contributed by atoms with Crippen molar-refractivity contribution in [2.45, 2.75) is 18.8 Å². The second kappa shape index (κ2) is 1.31. The number of nitrogens with zero attached hydrogens (tertiary/aromatic N) is 2. The number of rotatable bonds is 1. The van der Waals surface area contributed by atoms with Crippen LogP contribution in [0, 0.1) is 0 Å². The minimum Gasteiger partial charge on any atom is -0.339 e. The molecule has 1 heterocycles. The molecule has 2 rings (SSSR count). The maximum Gasteiger partial charge on any atom is 0.229 e. The molecule has 0 bridgehead atoms. The van der Waals surface area contributed by atoms with Crippen LogP contribution in [-0.4, -0.2) is 10.1 Å². The zero-order chi connectivity index (χ0) is 5.40. The van der Waals surface area contributed by atoms with Crippen LogP contribution in [0.5, 0.6) is 0 Å². The Balaban J connectivity index is 2.28. The van der Waals surface area contributed by atoms with Crippen LogP contribution in [0.2, 0.25) is 0 Å². The molecular formula is C5H6N2O. The summed E-state index contributed by atoms with van der Waals surface area (Å²) in [4.78, 5) is 3.90. The van der Waals surface area contributed by atoms with E-state index in [1.165, 1.54) is 19.2 Å². The molecule has 3 heteroatoms. The average Bonchev–Trinajstić information content (AvgIpc) is 2.49. The van der Waals surface area contributed by atoms with Gasteiger partial charge in [0.15, 0.2) is 6.33 Å². The van der Waals surface area contributed by atoms with Crippen LogP contribution in [0.15, 0.2) is 10.9 Å². The van der Waals surface area contributed by atoms with Gasteiger partial charge in [0.05, 0.1) is 0 Å². The maximum atomic E-state index is 4.80. The van der Waals surface area contributed by atoms with Crippen molar-refractivity contribution in [1.29, 1.82) is 0 Å². The highest BCUT2D eigenvalue weighted by atomic mass is 16.5. The molecule has 1 saturated carbocycles. The third-order valence-corrected chi connectivity index (χ3v) is 1.30. The van der Waals surface area contributed by atoms with E-state index < -0.39 is 0 Å². The summed E-state index contributed by atoms with van der Waals surface area (Å²) in [5, 5.41) is 3.50. The highest BCUT2D eigenvalue weighted by Gasteiger charge is 2.28. The first kappa shape index (κ1) is 4.06. The van der Waals surface area contributed by atoms with Crippen molar-refractivity contribution in [2.24, 2.45) is 0 Å². The van der Waals surface area contributed by atoms with E-state index in [1.807, 2.05) is 0 Å². The molecule has 1 fully saturated rings. The number of hydrogen-bond acceptors (Lipinski definition) is 3. The summed E-state index contributed by atoms with van der Waals surface area (Å²) in [5.74, 6) is 1.41. The van der Waals surface area contributed by atoms with Crippen LogP contribution in [0.3, 0.4) is 0 Å². The Labute approximate surface area is 46.7 Å². The van der Waals surface area contributed by atoms with Gasteiger partial charge in [0.2, 0.25) is 5.89 Å². The molecule has 0 aromatic carbocycles. The SMILES string of the molecule is c1noc(C2CC2)n1. The Morgan fingerprint density at radius 3 is 3.00 bits per heavy atom. The fraction of sp³-hybridized carbons (Fsp3) is 0.600. The minimum absolute atomic E-state index is 0.595. The van der Waals surface area contributed by atoms with Crippen molar-refractivity contribution in [3.05, 3.63) is 12.2 Å². The molecule has 0 aliphatic heterocycles.